The van der Waals surface area contributed by atoms with Crippen LogP contribution in [0.3, 0.4) is 0 Å². The molecule has 0 radical (unpaired) electrons. The second-order valence-corrected chi connectivity index (χ2v) is 7.13. The maximum Gasteiger partial charge on any atom is 0.237 e. The van der Waals surface area contributed by atoms with Gasteiger partial charge in [0.1, 0.15) is 11.6 Å². The molecule has 1 aromatic rings. The van der Waals surface area contributed by atoms with Gasteiger partial charge >= 0.3 is 0 Å². The smallest absolute Gasteiger partial charge is 0.237 e. The normalized spacial score (nSPS) is 20.8. The summed E-state index contributed by atoms with van der Waals surface area (Å²) in [6.07, 6.45) is 3.72. The summed E-state index contributed by atoms with van der Waals surface area (Å²) in [6.45, 7) is 1.52. The van der Waals surface area contributed by atoms with Gasteiger partial charge in [-0.25, -0.2) is 8.78 Å². The first-order chi connectivity index (χ1) is 11.9. The van der Waals surface area contributed by atoms with Crippen molar-refractivity contribution in [1.82, 2.24) is 10.2 Å². The summed E-state index contributed by atoms with van der Waals surface area (Å²) >= 11 is 0. The average molecular weight is 351 g/mol. The Hall–Kier alpha value is -2.02. The summed E-state index contributed by atoms with van der Waals surface area (Å²) < 4.78 is 27.1. The first kappa shape index (κ1) is 17.8. The standard InChI is InChI=1S/C18H23F2N3O2/c19-13-1-2-14(15(20)9-13)18(5-6-18)10-22-17(25)16(21)12-3-7-23(11-24)8-4-12/h1-2,9,11-12,16H,3-8,10,21H2,(H,22,25). The molecular weight excluding hydrogens is 328 g/mol. The zero-order valence-corrected chi connectivity index (χ0v) is 14.0. The summed E-state index contributed by atoms with van der Waals surface area (Å²) in [5.74, 6) is -1.39. The van der Waals surface area contributed by atoms with Crippen molar-refractivity contribution in [3.05, 3.63) is 35.4 Å². The Morgan fingerprint density at radius 3 is 2.60 bits per heavy atom. The lowest BCUT2D eigenvalue weighted by Crippen LogP contribution is -2.50. The highest BCUT2D eigenvalue weighted by Crippen LogP contribution is 2.48. The molecule has 1 heterocycles. The Morgan fingerprint density at radius 1 is 1.36 bits per heavy atom. The average Bonchev–Trinajstić information content (AvgIpc) is 3.40. The molecule has 7 heteroatoms. The molecule has 0 aromatic heterocycles. The molecule has 1 unspecified atom stereocenters. The van der Waals surface area contributed by atoms with Gasteiger partial charge in [0.15, 0.2) is 0 Å². The molecule has 2 aliphatic rings. The lowest BCUT2D eigenvalue weighted by Gasteiger charge is -2.32. The zero-order chi connectivity index (χ0) is 18.0. The Kier molecular flexibility index (Phi) is 5.03. The molecule has 2 fully saturated rings. The number of hydrogen-bond acceptors (Lipinski definition) is 3. The fraction of sp³-hybridized carbons (Fsp3) is 0.556. The van der Waals surface area contributed by atoms with E-state index in [1.807, 2.05) is 0 Å². The van der Waals surface area contributed by atoms with Crippen molar-refractivity contribution in [2.75, 3.05) is 19.6 Å². The van der Waals surface area contributed by atoms with Gasteiger partial charge in [-0.05, 0) is 43.2 Å². The molecule has 136 valence electrons. The van der Waals surface area contributed by atoms with Crippen LogP contribution in [0.2, 0.25) is 0 Å². The van der Waals surface area contributed by atoms with Gasteiger partial charge in [-0.15, -0.1) is 0 Å². The number of benzene rings is 1. The highest BCUT2D eigenvalue weighted by Gasteiger charge is 2.46. The maximum absolute atomic E-state index is 14.0. The fourth-order valence-corrected chi connectivity index (χ4v) is 3.58. The number of nitrogens with one attached hydrogen (secondary N) is 1. The van der Waals surface area contributed by atoms with E-state index in [1.54, 1.807) is 4.90 Å². The first-order valence-corrected chi connectivity index (χ1v) is 8.63. The van der Waals surface area contributed by atoms with Crippen molar-refractivity contribution < 1.29 is 18.4 Å². The van der Waals surface area contributed by atoms with Crippen LogP contribution >= 0.6 is 0 Å². The zero-order valence-electron chi connectivity index (χ0n) is 14.0. The van der Waals surface area contributed by atoms with Crippen LogP contribution < -0.4 is 11.1 Å². The third kappa shape index (κ3) is 3.81. The lowest BCUT2D eigenvalue weighted by molar-refractivity contribution is -0.124. The molecule has 2 amide bonds. The molecule has 1 saturated heterocycles. The molecule has 25 heavy (non-hydrogen) atoms. The predicted octanol–water partition coefficient (Wildman–Crippen LogP) is 1.31. The predicted molar refractivity (Wildman–Crippen MR) is 88.6 cm³/mol. The van der Waals surface area contributed by atoms with E-state index >= 15 is 0 Å². The first-order valence-electron chi connectivity index (χ1n) is 8.63. The number of nitrogens with two attached hydrogens (primary N) is 1. The molecule has 0 spiro atoms. The quantitative estimate of drug-likeness (QED) is 0.759. The summed E-state index contributed by atoms with van der Waals surface area (Å²) in [5.41, 5.74) is 6.07. The maximum atomic E-state index is 14.0. The molecule has 1 saturated carbocycles. The van der Waals surface area contributed by atoms with Crippen LogP contribution in [0.5, 0.6) is 0 Å². The van der Waals surface area contributed by atoms with E-state index in [0.29, 0.717) is 38.0 Å². The van der Waals surface area contributed by atoms with Gasteiger partial charge in [-0.3, -0.25) is 9.59 Å². The number of rotatable bonds is 6. The molecule has 1 aliphatic carbocycles. The summed E-state index contributed by atoms with van der Waals surface area (Å²) in [7, 11) is 0. The topological polar surface area (TPSA) is 75.4 Å². The second-order valence-electron chi connectivity index (χ2n) is 7.13. The van der Waals surface area contributed by atoms with Gasteiger partial charge in [0.25, 0.3) is 0 Å². The minimum Gasteiger partial charge on any atom is -0.354 e. The van der Waals surface area contributed by atoms with Crippen molar-refractivity contribution in [2.24, 2.45) is 11.7 Å². The van der Waals surface area contributed by atoms with E-state index in [1.165, 1.54) is 12.1 Å². The van der Waals surface area contributed by atoms with Gasteiger partial charge in [0, 0.05) is 31.1 Å². The number of likely N-dealkylation sites (tertiary alicyclic amines) is 1. The van der Waals surface area contributed by atoms with Gasteiger partial charge in [0.05, 0.1) is 6.04 Å². The lowest BCUT2D eigenvalue weighted by atomic mass is 9.89. The van der Waals surface area contributed by atoms with Crippen LogP contribution in [-0.2, 0) is 15.0 Å². The van der Waals surface area contributed by atoms with Crippen LogP contribution in [0.1, 0.15) is 31.2 Å². The van der Waals surface area contributed by atoms with Gasteiger partial charge in [-0.1, -0.05) is 6.07 Å². The number of amides is 2. The fourth-order valence-electron chi connectivity index (χ4n) is 3.58. The largest absolute Gasteiger partial charge is 0.354 e. The highest BCUT2D eigenvalue weighted by molar-refractivity contribution is 5.82. The SMILES string of the molecule is NC(C(=O)NCC1(c2ccc(F)cc2F)CC1)C1CCN(C=O)CC1. The van der Waals surface area contributed by atoms with Gasteiger partial charge in [0.2, 0.25) is 12.3 Å². The van der Waals surface area contributed by atoms with Crippen LogP contribution in [0, 0.1) is 17.6 Å². The summed E-state index contributed by atoms with van der Waals surface area (Å²) in [4.78, 5) is 24.8. The minimum atomic E-state index is -0.636. The van der Waals surface area contributed by atoms with Crippen LogP contribution in [-0.4, -0.2) is 42.9 Å². The van der Waals surface area contributed by atoms with Crippen molar-refractivity contribution in [3.63, 3.8) is 0 Å². The number of halogens is 2. The second kappa shape index (κ2) is 7.07. The Bertz CT molecular complexity index is 656. The van der Waals surface area contributed by atoms with E-state index in [9.17, 15) is 18.4 Å². The van der Waals surface area contributed by atoms with E-state index in [-0.39, 0.29) is 11.8 Å². The van der Waals surface area contributed by atoms with Crippen LogP contribution in [0.25, 0.3) is 0 Å². The van der Waals surface area contributed by atoms with E-state index < -0.39 is 23.1 Å². The monoisotopic (exact) mass is 351 g/mol. The minimum absolute atomic E-state index is 0.0360. The third-order valence-corrected chi connectivity index (χ3v) is 5.49. The highest BCUT2D eigenvalue weighted by atomic mass is 19.1. The number of nitrogens with zero attached hydrogens (tertiary/aromatic N) is 1. The number of carbonyl (C=O) groups excluding carboxylic acids is 2. The van der Waals surface area contributed by atoms with Crippen molar-refractivity contribution >= 4 is 12.3 Å². The van der Waals surface area contributed by atoms with Crippen molar-refractivity contribution in [3.8, 4) is 0 Å². The summed E-state index contributed by atoms with van der Waals surface area (Å²) in [5, 5.41) is 2.84. The number of hydrogen-bond donors (Lipinski definition) is 2. The molecule has 3 N–H and O–H groups in total. The molecule has 0 bridgehead atoms. The van der Waals surface area contributed by atoms with Crippen molar-refractivity contribution in [1.29, 1.82) is 0 Å². The van der Waals surface area contributed by atoms with E-state index in [0.717, 1.165) is 25.3 Å². The Labute approximate surface area is 145 Å². The third-order valence-electron chi connectivity index (χ3n) is 5.49. The van der Waals surface area contributed by atoms with E-state index in [2.05, 4.69) is 5.32 Å². The molecule has 1 aromatic carbocycles. The summed E-state index contributed by atoms with van der Waals surface area (Å²) in [6, 6.07) is 2.94. The van der Waals surface area contributed by atoms with Crippen LogP contribution in [0.4, 0.5) is 8.78 Å². The Balaban J connectivity index is 1.56. The van der Waals surface area contributed by atoms with E-state index in [4.69, 9.17) is 5.73 Å². The molecule has 1 aliphatic heterocycles. The van der Waals surface area contributed by atoms with Crippen molar-refractivity contribution in [2.45, 2.75) is 37.1 Å². The number of carbonyl (C=O) groups is 2. The van der Waals surface area contributed by atoms with Crippen LogP contribution in [0.15, 0.2) is 18.2 Å². The molecule has 3 rings (SSSR count). The number of piperidine rings is 1. The van der Waals surface area contributed by atoms with Gasteiger partial charge < -0.3 is 16.0 Å². The van der Waals surface area contributed by atoms with Gasteiger partial charge in [-0.2, -0.15) is 0 Å². The Morgan fingerprint density at radius 2 is 2.04 bits per heavy atom. The molecular formula is C18H23F2N3O2. The molecule has 1 atom stereocenters. The molecule has 5 nitrogen and oxygen atoms in total.